The number of carbonyl (C=O) groups is 2. The van der Waals surface area contributed by atoms with Gasteiger partial charge in [0.2, 0.25) is 6.23 Å². The number of methoxy groups -OCH3 is 3. The third-order valence-electron chi connectivity index (χ3n) is 2.94. The lowest BCUT2D eigenvalue weighted by atomic mass is 10.2. The number of hydrogen-bond donors (Lipinski definition) is 1. The molecule has 1 rings (SSSR count). The van der Waals surface area contributed by atoms with Crippen molar-refractivity contribution in [1.82, 2.24) is 4.90 Å². The van der Waals surface area contributed by atoms with Crippen LogP contribution in [-0.4, -0.2) is 51.5 Å². The lowest BCUT2D eigenvalue weighted by Crippen LogP contribution is -2.46. The first kappa shape index (κ1) is 16.8. The van der Waals surface area contributed by atoms with Crippen LogP contribution in [0, 0.1) is 6.92 Å². The fraction of sp³-hybridized carbons (Fsp3) is 0.429. The van der Waals surface area contributed by atoms with Crippen molar-refractivity contribution in [2.45, 2.75) is 13.2 Å². The molecule has 0 aliphatic heterocycles. The number of amides is 2. The predicted molar refractivity (Wildman–Crippen MR) is 77.3 cm³/mol. The highest BCUT2D eigenvalue weighted by Gasteiger charge is 2.27. The number of aryl methyl sites for hydroxylation is 1. The lowest BCUT2D eigenvalue weighted by molar-refractivity contribution is -0.160. The first-order valence-electron chi connectivity index (χ1n) is 6.23. The van der Waals surface area contributed by atoms with E-state index in [1.807, 2.05) is 6.92 Å². The van der Waals surface area contributed by atoms with E-state index in [0.717, 1.165) is 16.2 Å². The number of anilines is 1. The molecule has 1 N–H and O–H groups in total. The van der Waals surface area contributed by atoms with E-state index in [-0.39, 0.29) is 0 Å². The molecule has 1 aromatic rings. The number of carbonyl (C=O) groups excluding carboxylic acids is 2. The van der Waals surface area contributed by atoms with Gasteiger partial charge in [0.15, 0.2) is 0 Å². The summed E-state index contributed by atoms with van der Waals surface area (Å²) in [5.41, 5.74) is 1.47. The third kappa shape index (κ3) is 4.09. The van der Waals surface area contributed by atoms with Crippen LogP contribution in [-0.2, 0) is 14.3 Å². The molecule has 0 bridgehead atoms. The minimum Gasteiger partial charge on any atom is -0.496 e. The Morgan fingerprint density at radius 3 is 2.38 bits per heavy atom. The topological polar surface area (TPSA) is 77.1 Å². The molecule has 21 heavy (non-hydrogen) atoms. The Morgan fingerprint density at radius 1 is 1.24 bits per heavy atom. The Kier molecular flexibility index (Phi) is 5.98. The molecule has 0 aliphatic rings. The molecule has 1 aromatic carbocycles. The van der Waals surface area contributed by atoms with Crippen molar-refractivity contribution in [2.24, 2.45) is 0 Å². The number of nitrogens with one attached hydrogen (secondary N) is 1. The third-order valence-corrected chi connectivity index (χ3v) is 2.94. The Balaban J connectivity index is 2.80. The normalized spacial score (nSPS) is 11.5. The minimum atomic E-state index is -1.10. The molecule has 7 heteroatoms. The maximum absolute atomic E-state index is 12.1. The van der Waals surface area contributed by atoms with Gasteiger partial charge in [-0.15, -0.1) is 0 Å². The van der Waals surface area contributed by atoms with Crippen molar-refractivity contribution in [3.63, 3.8) is 0 Å². The summed E-state index contributed by atoms with van der Waals surface area (Å²) in [5.74, 6) is 0.0757. The Morgan fingerprint density at radius 2 is 1.90 bits per heavy atom. The van der Waals surface area contributed by atoms with Crippen molar-refractivity contribution in [2.75, 3.05) is 33.7 Å². The molecular weight excluding hydrogens is 276 g/mol. The monoisotopic (exact) mass is 296 g/mol. The Bertz CT molecular complexity index is 518. The van der Waals surface area contributed by atoms with E-state index >= 15 is 0 Å². The van der Waals surface area contributed by atoms with Crippen molar-refractivity contribution < 1.29 is 23.8 Å². The van der Waals surface area contributed by atoms with Crippen LogP contribution in [0.15, 0.2) is 18.2 Å². The van der Waals surface area contributed by atoms with Gasteiger partial charge in [-0.05, 0) is 30.7 Å². The van der Waals surface area contributed by atoms with Crippen molar-refractivity contribution >= 4 is 17.7 Å². The second kappa shape index (κ2) is 7.49. The standard InChI is InChI=1S/C14H20N2O5/c1-9-8-10(6-7-11(9)19-3)15-14(18)16(2)12(20-4)13(17)21-5/h6-8,12H,1-5H3,(H,15,18). The molecule has 0 spiro atoms. The number of benzene rings is 1. The number of hydrogen-bond acceptors (Lipinski definition) is 5. The zero-order chi connectivity index (χ0) is 16.0. The highest BCUT2D eigenvalue weighted by molar-refractivity contribution is 5.92. The van der Waals surface area contributed by atoms with E-state index in [1.54, 1.807) is 25.3 Å². The zero-order valence-corrected chi connectivity index (χ0v) is 12.8. The maximum Gasteiger partial charge on any atom is 0.356 e. The van der Waals surface area contributed by atoms with Gasteiger partial charge in [0.05, 0.1) is 14.2 Å². The molecule has 0 fully saturated rings. The maximum atomic E-state index is 12.1. The van der Waals surface area contributed by atoms with E-state index in [0.29, 0.717) is 5.69 Å². The van der Waals surface area contributed by atoms with Crippen LogP contribution in [0.2, 0.25) is 0 Å². The van der Waals surface area contributed by atoms with Gasteiger partial charge in [-0.25, -0.2) is 9.59 Å². The average molecular weight is 296 g/mol. The van der Waals surface area contributed by atoms with E-state index in [4.69, 9.17) is 9.47 Å². The molecule has 2 amide bonds. The van der Waals surface area contributed by atoms with Crippen LogP contribution < -0.4 is 10.1 Å². The van der Waals surface area contributed by atoms with Crippen LogP contribution in [0.5, 0.6) is 5.75 Å². The molecule has 0 saturated heterocycles. The van der Waals surface area contributed by atoms with Gasteiger partial charge in [0.1, 0.15) is 5.75 Å². The molecule has 0 radical (unpaired) electrons. The van der Waals surface area contributed by atoms with Gasteiger partial charge in [-0.2, -0.15) is 0 Å². The van der Waals surface area contributed by atoms with Crippen LogP contribution in [0.1, 0.15) is 5.56 Å². The summed E-state index contributed by atoms with van der Waals surface area (Å²) >= 11 is 0. The van der Waals surface area contributed by atoms with Gasteiger partial charge in [-0.3, -0.25) is 4.90 Å². The minimum absolute atomic E-state index is 0.489. The summed E-state index contributed by atoms with van der Waals surface area (Å²) in [5, 5.41) is 2.67. The number of likely N-dealkylation sites (N-methyl/N-ethyl adjacent to an activating group) is 1. The van der Waals surface area contributed by atoms with Crippen LogP contribution in [0.4, 0.5) is 10.5 Å². The molecule has 1 unspecified atom stereocenters. The van der Waals surface area contributed by atoms with Crippen LogP contribution in [0.25, 0.3) is 0 Å². The summed E-state index contributed by atoms with van der Waals surface area (Å²) < 4.78 is 14.7. The summed E-state index contributed by atoms with van der Waals surface area (Å²) in [6, 6.07) is 4.73. The van der Waals surface area contributed by atoms with Crippen LogP contribution in [0.3, 0.4) is 0 Å². The summed E-state index contributed by atoms with van der Waals surface area (Å²) in [6.45, 7) is 1.87. The van der Waals surface area contributed by atoms with Crippen LogP contribution >= 0.6 is 0 Å². The second-order valence-electron chi connectivity index (χ2n) is 4.34. The van der Waals surface area contributed by atoms with Crippen molar-refractivity contribution in [3.8, 4) is 5.75 Å². The Labute approximate surface area is 123 Å². The van der Waals surface area contributed by atoms with Gasteiger partial charge >= 0.3 is 12.0 Å². The average Bonchev–Trinajstić information content (AvgIpc) is 2.47. The smallest absolute Gasteiger partial charge is 0.356 e. The van der Waals surface area contributed by atoms with E-state index in [9.17, 15) is 9.59 Å². The predicted octanol–water partition coefficient (Wildman–Crippen LogP) is 1.61. The molecule has 0 aromatic heterocycles. The molecule has 1 atom stereocenters. The number of ether oxygens (including phenoxy) is 3. The number of esters is 1. The van der Waals surface area contributed by atoms with E-state index in [1.165, 1.54) is 21.3 Å². The molecule has 0 saturated carbocycles. The molecule has 7 nitrogen and oxygen atoms in total. The fourth-order valence-electron chi connectivity index (χ4n) is 1.79. The molecule has 116 valence electrons. The summed E-state index contributed by atoms with van der Waals surface area (Å²) in [6.07, 6.45) is -1.10. The highest BCUT2D eigenvalue weighted by Crippen LogP contribution is 2.21. The SMILES string of the molecule is COC(=O)C(OC)N(C)C(=O)Nc1ccc(OC)c(C)c1. The van der Waals surface area contributed by atoms with E-state index in [2.05, 4.69) is 10.1 Å². The largest absolute Gasteiger partial charge is 0.496 e. The van der Waals surface area contributed by atoms with Crippen molar-refractivity contribution in [3.05, 3.63) is 23.8 Å². The van der Waals surface area contributed by atoms with Gasteiger partial charge < -0.3 is 19.5 Å². The number of urea groups is 1. The summed E-state index contributed by atoms with van der Waals surface area (Å²) in [4.78, 5) is 24.7. The fourth-order valence-corrected chi connectivity index (χ4v) is 1.79. The Hall–Kier alpha value is -2.28. The first-order valence-corrected chi connectivity index (χ1v) is 6.23. The van der Waals surface area contributed by atoms with Gasteiger partial charge in [0.25, 0.3) is 0 Å². The van der Waals surface area contributed by atoms with E-state index < -0.39 is 18.2 Å². The molecule has 0 heterocycles. The molecular formula is C14H20N2O5. The second-order valence-corrected chi connectivity index (χ2v) is 4.34. The zero-order valence-electron chi connectivity index (χ0n) is 12.8. The van der Waals surface area contributed by atoms with Gasteiger partial charge in [-0.1, -0.05) is 0 Å². The quantitative estimate of drug-likeness (QED) is 0.660. The highest BCUT2D eigenvalue weighted by atomic mass is 16.6. The number of rotatable bonds is 5. The number of nitrogens with zero attached hydrogens (tertiary/aromatic N) is 1. The molecule has 0 aliphatic carbocycles. The summed E-state index contributed by atoms with van der Waals surface area (Å²) in [7, 11) is 5.57. The first-order chi connectivity index (χ1) is 9.94. The van der Waals surface area contributed by atoms with Gasteiger partial charge in [0, 0.05) is 19.8 Å². The lowest BCUT2D eigenvalue weighted by Gasteiger charge is -2.24. The van der Waals surface area contributed by atoms with Crippen molar-refractivity contribution in [1.29, 1.82) is 0 Å².